The van der Waals surface area contributed by atoms with Gasteiger partial charge >= 0.3 is 0 Å². The number of hydrogen-bond acceptors (Lipinski definition) is 15. The fourth-order valence-electron chi connectivity index (χ4n) is 8.24. The lowest BCUT2D eigenvalue weighted by molar-refractivity contribution is 0.0378. The van der Waals surface area contributed by atoms with Crippen LogP contribution in [0.3, 0.4) is 0 Å². The van der Waals surface area contributed by atoms with Gasteiger partial charge in [-0.25, -0.2) is 0 Å². The molecule has 4 heterocycles. The van der Waals surface area contributed by atoms with Gasteiger partial charge in [0.15, 0.2) is 5.75 Å². The number of phenols is 1. The number of morpholine rings is 2. The van der Waals surface area contributed by atoms with E-state index < -0.39 is 5.91 Å². The smallest absolute Gasteiger partial charge is 0.259 e. The van der Waals surface area contributed by atoms with E-state index in [0.717, 1.165) is 112 Å². The van der Waals surface area contributed by atoms with Crippen molar-refractivity contribution in [3.63, 3.8) is 0 Å². The number of hydrogen-bond donors (Lipinski definition) is 6. The number of anilines is 5. The van der Waals surface area contributed by atoms with Crippen LogP contribution in [0.5, 0.6) is 11.5 Å². The molecule has 0 atom stereocenters. The maximum Gasteiger partial charge on any atom is 0.259 e. The highest BCUT2D eigenvalue weighted by Gasteiger charge is 2.22. The van der Waals surface area contributed by atoms with Crippen LogP contribution in [0, 0.1) is 6.92 Å². The van der Waals surface area contributed by atoms with Crippen molar-refractivity contribution < 1.29 is 24.1 Å². The highest BCUT2D eigenvalue weighted by atomic mass is 16.5. The Morgan fingerprint density at radius 3 is 2.11 bits per heavy atom. The minimum absolute atomic E-state index is 0.0611. The number of para-hydroxylation sites is 1. The van der Waals surface area contributed by atoms with E-state index >= 15 is 0 Å². The van der Waals surface area contributed by atoms with Crippen LogP contribution < -0.4 is 26.0 Å². The lowest BCUT2D eigenvalue weighted by Gasteiger charge is -2.26. The molecule has 1 amide bonds. The Bertz CT molecular complexity index is 2760. The van der Waals surface area contributed by atoms with E-state index in [-0.39, 0.29) is 17.0 Å². The zero-order valence-electron chi connectivity index (χ0n) is 36.7. The number of aromatic hydroxyl groups is 1. The summed E-state index contributed by atoms with van der Waals surface area (Å²) in [6, 6.07) is 26.4. The molecule has 2 aliphatic rings. The summed E-state index contributed by atoms with van der Waals surface area (Å²) < 4.78 is 16.3. The van der Waals surface area contributed by atoms with Gasteiger partial charge in [0.2, 0.25) is 17.8 Å². The summed E-state index contributed by atoms with van der Waals surface area (Å²) in [6.07, 6.45) is 1.88. The van der Waals surface area contributed by atoms with E-state index in [1.54, 1.807) is 25.3 Å². The number of nitrogens with zero attached hydrogens (tertiary/aromatic N) is 7. The Morgan fingerprint density at radius 1 is 0.785 bits per heavy atom. The number of aryl methyl sites for hydroxylation is 1. The molecule has 0 aliphatic carbocycles. The molecule has 0 spiro atoms. The normalized spacial score (nSPS) is 14.9. The molecule has 0 saturated carbocycles. The fraction of sp³-hybridized carbons (Fsp3) is 0.333. The van der Waals surface area contributed by atoms with Gasteiger partial charge in [0.25, 0.3) is 5.91 Å². The Kier molecular flexibility index (Phi) is 13.5. The Balaban J connectivity index is 0.955. The molecule has 6 N–H and O–H groups in total. The van der Waals surface area contributed by atoms with Crippen molar-refractivity contribution in [3.8, 4) is 11.5 Å². The van der Waals surface area contributed by atoms with E-state index in [9.17, 15) is 9.90 Å². The Labute approximate surface area is 376 Å². The average Bonchev–Trinajstić information content (AvgIpc) is 3.72. The molecule has 17 heteroatoms. The van der Waals surface area contributed by atoms with Crippen LogP contribution in [0.1, 0.15) is 28.8 Å². The predicted molar refractivity (Wildman–Crippen MR) is 255 cm³/mol. The van der Waals surface area contributed by atoms with E-state index in [4.69, 9.17) is 24.2 Å². The molecule has 336 valence electrons. The van der Waals surface area contributed by atoms with E-state index in [1.165, 1.54) is 0 Å². The number of aromatic nitrogens is 4. The molecule has 2 aliphatic heterocycles. The third-order valence-corrected chi connectivity index (χ3v) is 11.8. The highest BCUT2D eigenvalue weighted by molar-refractivity contribution is 6.22. The van der Waals surface area contributed by atoms with Crippen molar-refractivity contribution in [2.45, 2.75) is 19.8 Å². The summed E-state index contributed by atoms with van der Waals surface area (Å²) in [4.78, 5) is 36.3. The quantitative estimate of drug-likeness (QED) is 0.0377. The standard InChI is InChI=1S/C48H54N12O5/c1-31-29-35(63-2)14-16-39(31)53-45(62)38-30-32-9-15-37-36-7-3-4-8-40(36)52-42(37)41(32)43(44(38)61)58-57-34-12-10-33(11-13-34)51-48-55-46(49-17-5-19-59-21-25-64-26-22-59)54-47(56-48)50-18-6-20-60-23-27-65-28-24-60/h3-4,7-16,29-30,52,61H,5-6,17-28H2,1-2H3,(H,53,62)(H3,49,50,51,54,55,56). The summed E-state index contributed by atoms with van der Waals surface area (Å²) in [5, 5.41) is 37.6. The molecule has 5 aromatic carbocycles. The lowest BCUT2D eigenvalue weighted by Crippen LogP contribution is -2.37. The molecule has 0 radical (unpaired) electrons. The molecule has 65 heavy (non-hydrogen) atoms. The topological polar surface area (TPSA) is 199 Å². The number of amides is 1. The molecule has 2 aromatic heterocycles. The zero-order valence-corrected chi connectivity index (χ0v) is 36.7. The highest BCUT2D eigenvalue weighted by Crippen LogP contribution is 2.44. The van der Waals surface area contributed by atoms with Crippen molar-refractivity contribution in [3.05, 3.63) is 96.1 Å². The number of carbonyl (C=O) groups is 1. The number of nitrogens with one attached hydrogen (secondary N) is 5. The first-order valence-electron chi connectivity index (χ1n) is 22.2. The zero-order chi connectivity index (χ0) is 44.5. The van der Waals surface area contributed by atoms with Gasteiger partial charge in [-0.05, 0) is 98.4 Å². The summed E-state index contributed by atoms with van der Waals surface area (Å²) >= 11 is 0. The largest absolute Gasteiger partial charge is 0.505 e. The van der Waals surface area contributed by atoms with Crippen molar-refractivity contribution >= 4 is 79.1 Å². The molecular formula is C48H54N12O5. The van der Waals surface area contributed by atoms with Crippen LogP contribution in [-0.4, -0.2) is 127 Å². The lowest BCUT2D eigenvalue weighted by atomic mass is 10.00. The van der Waals surface area contributed by atoms with Gasteiger partial charge in [0.05, 0.1) is 50.3 Å². The number of ether oxygens (including phenoxy) is 3. The Morgan fingerprint density at radius 2 is 1.45 bits per heavy atom. The molecule has 0 unspecified atom stereocenters. The number of benzene rings is 5. The van der Waals surface area contributed by atoms with Gasteiger partial charge in [-0.3, -0.25) is 14.6 Å². The number of fused-ring (bicyclic) bond motifs is 5. The number of phenolic OH excluding ortho intramolecular Hbond substituents is 1. The first kappa shape index (κ1) is 43.3. The number of rotatable bonds is 17. The molecule has 9 rings (SSSR count). The van der Waals surface area contributed by atoms with Crippen LogP contribution >= 0.6 is 0 Å². The summed E-state index contributed by atoms with van der Waals surface area (Å²) in [7, 11) is 1.59. The second-order valence-corrected chi connectivity index (χ2v) is 16.2. The second kappa shape index (κ2) is 20.3. The predicted octanol–water partition coefficient (Wildman–Crippen LogP) is 8.36. The number of azo groups is 1. The van der Waals surface area contributed by atoms with E-state index in [0.29, 0.717) is 58.8 Å². The molecular weight excluding hydrogens is 825 g/mol. The van der Waals surface area contributed by atoms with Crippen LogP contribution in [0.15, 0.2) is 95.2 Å². The molecule has 2 fully saturated rings. The summed E-state index contributed by atoms with van der Waals surface area (Å²) in [5.74, 6) is 1.25. The summed E-state index contributed by atoms with van der Waals surface area (Å²) in [5.41, 5.74) is 4.60. The van der Waals surface area contributed by atoms with Crippen LogP contribution in [0.2, 0.25) is 0 Å². The van der Waals surface area contributed by atoms with Crippen molar-refractivity contribution in [1.29, 1.82) is 0 Å². The number of aromatic amines is 1. The van der Waals surface area contributed by atoms with Gasteiger partial charge in [0.1, 0.15) is 11.4 Å². The minimum Gasteiger partial charge on any atom is -0.505 e. The summed E-state index contributed by atoms with van der Waals surface area (Å²) in [6.45, 7) is 12.1. The third-order valence-electron chi connectivity index (χ3n) is 11.8. The molecule has 7 aromatic rings. The first-order valence-corrected chi connectivity index (χ1v) is 22.2. The van der Waals surface area contributed by atoms with Crippen molar-refractivity contribution in [2.75, 3.05) is 107 Å². The number of carbonyl (C=O) groups excluding carboxylic acids is 1. The fourth-order valence-corrected chi connectivity index (χ4v) is 8.24. The van der Waals surface area contributed by atoms with Gasteiger partial charge in [-0.1, -0.05) is 30.3 Å². The number of methoxy groups -OCH3 is 1. The first-order chi connectivity index (χ1) is 31.9. The van der Waals surface area contributed by atoms with E-state index in [2.05, 4.69) is 51.3 Å². The minimum atomic E-state index is -0.489. The third kappa shape index (κ3) is 10.4. The Hall–Kier alpha value is -6.92. The SMILES string of the molecule is COc1ccc(NC(=O)c2cc3ccc4c5ccccc5[nH]c4c3c(N=Nc3ccc(Nc4nc(NCCCN5CCOCC5)nc(NCCCN5CCOCC5)n4)cc3)c2O)c(C)c1. The monoisotopic (exact) mass is 878 g/mol. The van der Waals surface area contributed by atoms with Crippen molar-refractivity contribution in [2.24, 2.45) is 10.2 Å². The maximum absolute atomic E-state index is 13.9. The van der Waals surface area contributed by atoms with Crippen molar-refractivity contribution in [1.82, 2.24) is 29.7 Å². The van der Waals surface area contributed by atoms with Crippen LogP contribution in [0.4, 0.5) is 40.6 Å². The van der Waals surface area contributed by atoms with Gasteiger partial charge < -0.3 is 45.6 Å². The maximum atomic E-state index is 13.9. The van der Waals surface area contributed by atoms with Gasteiger partial charge in [-0.15, -0.1) is 5.11 Å². The molecule has 17 nitrogen and oxygen atoms in total. The average molecular weight is 879 g/mol. The van der Waals surface area contributed by atoms with E-state index in [1.807, 2.05) is 73.7 Å². The van der Waals surface area contributed by atoms with Crippen LogP contribution in [0.25, 0.3) is 32.6 Å². The van der Waals surface area contributed by atoms with Crippen LogP contribution in [-0.2, 0) is 9.47 Å². The molecule has 2 saturated heterocycles. The molecule has 0 bridgehead atoms. The number of H-pyrrole nitrogens is 1. The van der Waals surface area contributed by atoms with Gasteiger partial charge in [-0.2, -0.15) is 20.1 Å². The van der Waals surface area contributed by atoms with Gasteiger partial charge in [0, 0.05) is 72.3 Å². The second-order valence-electron chi connectivity index (χ2n) is 16.2.